The normalized spacial score (nSPS) is 24.7. The number of rotatable bonds is 5. The predicted octanol–water partition coefficient (Wildman–Crippen LogP) is 1.24. The molecule has 0 saturated carbocycles. The van der Waals surface area contributed by atoms with Gasteiger partial charge in [-0.05, 0) is 49.5 Å². The average Bonchev–Trinajstić information content (AvgIpc) is 3.21. The van der Waals surface area contributed by atoms with Crippen LogP contribution in [0.15, 0.2) is 18.2 Å². The molecule has 2 fully saturated rings. The Morgan fingerprint density at radius 2 is 1.92 bits per heavy atom. The second-order valence-corrected chi connectivity index (χ2v) is 6.97. The number of phenols is 1. The second kappa shape index (κ2) is 7.49. The van der Waals surface area contributed by atoms with E-state index in [1.54, 1.807) is 11.0 Å². The Bertz CT molecular complexity index is 590. The number of benzene rings is 1. The number of hydrogen-bond donors (Lipinski definition) is 2. The van der Waals surface area contributed by atoms with Gasteiger partial charge in [-0.15, -0.1) is 0 Å². The van der Waals surface area contributed by atoms with E-state index in [4.69, 9.17) is 0 Å². The second-order valence-electron chi connectivity index (χ2n) is 6.97. The largest absolute Gasteiger partial charge is 0.505 e. The molecule has 0 aromatic heterocycles. The van der Waals surface area contributed by atoms with Crippen molar-refractivity contribution in [2.24, 2.45) is 11.8 Å². The molecule has 1 aromatic rings. The van der Waals surface area contributed by atoms with Gasteiger partial charge in [0.15, 0.2) is 11.6 Å². The Kier molecular flexibility index (Phi) is 5.36. The van der Waals surface area contributed by atoms with E-state index in [1.807, 2.05) is 0 Å². The van der Waals surface area contributed by atoms with Crippen molar-refractivity contribution in [2.75, 3.05) is 39.3 Å². The molecule has 2 saturated heterocycles. The molecule has 132 valence electrons. The third kappa shape index (κ3) is 3.87. The maximum atomic E-state index is 13.4. The van der Waals surface area contributed by atoms with Crippen molar-refractivity contribution < 1.29 is 19.4 Å². The van der Waals surface area contributed by atoms with Crippen LogP contribution in [0.2, 0.25) is 0 Å². The molecule has 2 heterocycles. The lowest BCUT2D eigenvalue weighted by atomic mass is 9.96. The van der Waals surface area contributed by atoms with Crippen molar-refractivity contribution in [1.29, 1.82) is 0 Å². The summed E-state index contributed by atoms with van der Waals surface area (Å²) in [4.78, 5) is 16.7. The zero-order valence-electron chi connectivity index (χ0n) is 13.8. The van der Waals surface area contributed by atoms with Crippen LogP contribution in [0.4, 0.5) is 4.39 Å². The molecule has 5 nitrogen and oxygen atoms in total. The summed E-state index contributed by atoms with van der Waals surface area (Å²) in [7, 11) is 0. The third-order valence-electron chi connectivity index (χ3n) is 5.22. The van der Waals surface area contributed by atoms with Crippen LogP contribution in [0.1, 0.15) is 18.4 Å². The van der Waals surface area contributed by atoms with Crippen LogP contribution >= 0.6 is 0 Å². The van der Waals surface area contributed by atoms with E-state index in [0.29, 0.717) is 24.6 Å². The quantitative estimate of drug-likeness (QED) is 0.849. The molecular weight excluding hydrogens is 311 g/mol. The topological polar surface area (TPSA) is 64.0 Å². The molecule has 0 bridgehead atoms. The van der Waals surface area contributed by atoms with E-state index >= 15 is 0 Å². The van der Waals surface area contributed by atoms with E-state index < -0.39 is 11.6 Å². The molecule has 1 aromatic carbocycles. The Labute approximate surface area is 141 Å². The van der Waals surface area contributed by atoms with Crippen LogP contribution in [-0.2, 0) is 11.2 Å². The summed E-state index contributed by atoms with van der Waals surface area (Å²) in [6.07, 6.45) is 2.57. The Morgan fingerprint density at radius 1 is 1.21 bits per heavy atom. The van der Waals surface area contributed by atoms with Gasteiger partial charge in [0.1, 0.15) is 0 Å². The first-order chi connectivity index (χ1) is 11.6. The Balaban J connectivity index is 1.59. The van der Waals surface area contributed by atoms with Crippen molar-refractivity contribution >= 4 is 5.91 Å². The first-order valence-corrected chi connectivity index (χ1v) is 8.65. The van der Waals surface area contributed by atoms with Crippen molar-refractivity contribution in [1.82, 2.24) is 9.80 Å². The molecule has 0 spiro atoms. The predicted molar refractivity (Wildman–Crippen MR) is 88.1 cm³/mol. The van der Waals surface area contributed by atoms with Gasteiger partial charge in [-0.1, -0.05) is 6.07 Å². The molecule has 24 heavy (non-hydrogen) atoms. The highest BCUT2D eigenvalue weighted by Gasteiger charge is 2.35. The monoisotopic (exact) mass is 336 g/mol. The minimum Gasteiger partial charge on any atom is -0.505 e. The molecule has 2 aliphatic rings. The van der Waals surface area contributed by atoms with E-state index in [-0.39, 0.29) is 24.9 Å². The summed E-state index contributed by atoms with van der Waals surface area (Å²) >= 11 is 0. The number of hydrogen-bond acceptors (Lipinski definition) is 4. The summed E-state index contributed by atoms with van der Waals surface area (Å²) < 4.78 is 13.4. The number of nitrogens with zero attached hydrogens (tertiary/aromatic N) is 2. The lowest BCUT2D eigenvalue weighted by Gasteiger charge is -2.22. The number of carbonyl (C=O) groups excluding carboxylic acids is 1. The Hall–Kier alpha value is -1.66. The van der Waals surface area contributed by atoms with Crippen molar-refractivity contribution in [3.8, 4) is 5.75 Å². The molecular formula is C18H25FN2O3. The lowest BCUT2D eigenvalue weighted by Crippen LogP contribution is -2.33. The maximum absolute atomic E-state index is 13.4. The van der Waals surface area contributed by atoms with Crippen molar-refractivity contribution in [3.05, 3.63) is 29.6 Å². The molecule has 1 amide bonds. The van der Waals surface area contributed by atoms with Gasteiger partial charge >= 0.3 is 0 Å². The van der Waals surface area contributed by atoms with Crippen molar-refractivity contribution in [2.45, 2.75) is 19.3 Å². The summed E-state index contributed by atoms with van der Waals surface area (Å²) in [5, 5.41) is 18.9. The van der Waals surface area contributed by atoms with Crippen molar-refractivity contribution in [3.63, 3.8) is 0 Å². The minimum absolute atomic E-state index is 0.0533. The number of aliphatic hydroxyl groups is 1. The molecule has 2 aliphatic heterocycles. The Morgan fingerprint density at radius 3 is 2.58 bits per heavy atom. The highest BCUT2D eigenvalue weighted by Crippen LogP contribution is 2.26. The zero-order chi connectivity index (χ0) is 17.1. The number of carbonyl (C=O) groups is 1. The molecule has 2 atom stereocenters. The fraction of sp³-hybridized carbons (Fsp3) is 0.611. The van der Waals surface area contributed by atoms with Gasteiger partial charge in [0.05, 0.1) is 6.42 Å². The maximum Gasteiger partial charge on any atom is 0.227 e. The number of phenolic OH excluding ortho intramolecular Hbond substituents is 1. The first-order valence-electron chi connectivity index (χ1n) is 8.65. The molecule has 0 unspecified atom stereocenters. The smallest absolute Gasteiger partial charge is 0.227 e. The van der Waals surface area contributed by atoms with Gasteiger partial charge in [0, 0.05) is 32.2 Å². The number of aromatic hydroxyl groups is 1. The van der Waals surface area contributed by atoms with Gasteiger partial charge in [-0.25, -0.2) is 4.39 Å². The zero-order valence-corrected chi connectivity index (χ0v) is 13.8. The number of likely N-dealkylation sites (tertiary alicyclic amines) is 2. The lowest BCUT2D eigenvalue weighted by molar-refractivity contribution is -0.129. The van der Waals surface area contributed by atoms with E-state index in [0.717, 1.165) is 19.6 Å². The van der Waals surface area contributed by atoms with Gasteiger partial charge in [-0.3, -0.25) is 4.79 Å². The van der Waals surface area contributed by atoms with Gasteiger partial charge in [0.25, 0.3) is 0 Å². The fourth-order valence-corrected chi connectivity index (χ4v) is 3.80. The third-order valence-corrected chi connectivity index (χ3v) is 5.22. The molecule has 3 rings (SSSR count). The van der Waals surface area contributed by atoms with Crippen LogP contribution < -0.4 is 0 Å². The first kappa shape index (κ1) is 17.2. The van der Waals surface area contributed by atoms with Crippen LogP contribution in [0.5, 0.6) is 5.75 Å². The molecule has 0 radical (unpaired) electrons. The fourth-order valence-electron chi connectivity index (χ4n) is 3.80. The van der Waals surface area contributed by atoms with E-state index in [9.17, 15) is 19.4 Å². The molecule has 0 aliphatic carbocycles. The summed E-state index contributed by atoms with van der Waals surface area (Å²) in [5.74, 6) is -0.748. The van der Waals surface area contributed by atoms with Crippen LogP contribution in [-0.4, -0.2) is 65.3 Å². The van der Waals surface area contributed by atoms with E-state index in [2.05, 4.69) is 4.90 Å². The number of amides is 1. The van der Waals surface area contributed by atoms with Gasteiger partial charge in [0.2, 0.25) is 5.91 Å². The highest BCUT2D eigenvalue weighted by atomic mass is 19.1. The van der Waals surface area contributed by atoms with Crippen LogP contribution in [0, 0.1) is 17.7 Å². The summed E-state index contributed by atoms with van der Waals surface area (Å²) in [5.41, 5.74) is 0.554. The van der Waals surface area contributed by atoms with E-state index in [1.165, 1.54) is 25.0 Å². The van der Waals surface area contributed by atoms with Crippen LogP contribution in [0.25, 0.3) is 0 Å². The number of aliphatic hydroxyl groups excluding tert-OH is 1. The minimum atomic E-state index is -0.707. The molecule has 6 heteroatoms. The van der Waals surface area contributed by atoms with Crippen LogP contribution in [0.3, 0.4) is 0 Å². The summed E-state index contributed by atoms with van der Waals surface area (Å²) in [6.45, 7) is 4.46. The van der Waals surface area contributed by atoms with Gasteiger partial charge in [-0.2, -0.15) is 0 Å². The average molecular weight is 336 g/mol. The number of halogens is 1. The SMILES string of the molecule is O=C(Cc1ccc(O)c(F)c1)N1C[C@@H](CN2CCCC2)[C@@H](CO)C1. The standard InChI is InChI=1S/C18H25FN2O3/c19-16-7-13(3-4-17(16)23)8-18(24)21-10-14(15(11-21)12-22)9-20-5-1-2-6-20/h3-4,7,14-15,22-23H,1-2,5-6,8-12H2/t14-,15-/m1/s1. The highest BCUT2D eigenvalue weighted by molar-refractivity contribution is 5.79. The molecule has 2 N–H and O–H groups in total. The van der Waals surface area contributed by atoms with Gasteiger partial charge < -0.3 is 20.0 Å². The summed E-state index contributed by atoms with van der Waals surface area (Å²) in [6, 6.07) is 4.04.